The predicted octanol–water partition coefficient (Wildman–Crippen LogP) is 5.57. The molecule has 0 aliphatic heterocycles. The second-order valence-electron chi connectivity index (χ2n) is 4.57. The second kappa shape index (κ2) is 5.04. The Kier molecular flexibility index (Phi) is 3.33. The molecule has 0 bridgehead atoms. The SMILES string of the molecule is FC(F)(F)c1c(-c2ccccc2)cnc2ccc(Cl)cc12. The molecule has 0 radical (unpaired) electrons. The van der Waals surface area contributed by atoms with Crippen LogP contribution in [0.4, 0.5) is 13.2 Å². The molecule has 0 saturated carbocycles. The molecule has 2 aromatic carbocycles. The van der Waals surface area contributed by atoms with E-state index in [1.165, 1.54) is 24.4 Å². The zero-order valence-electron chi connectivity index (χ0n) is 10.7. The highest BCUT2D eigenvalue weighted by Crippen LogP contribution is 2.41. The van der Waals surface area contributed by atoms with E-state index in [1.807, 2.05) is 0 Å². The third kappa shape index (κ3) is 2.59. The number of rotatable bonds is 1. The van der Waals surface area contributed by atoms with E-state index in [0.717, 1.165) is 0 Å². The van der Waals surface area contributed by atoms with Crippen LogP contribution < -0.4 is 0 Å². The van der Waals surface area contributed by atoms with Crippen LogP contribution in [0, 0.1) is 0 Å². The molecule has 0 aliphatic carbocycles. The number of hydrogen-bond donors (Lipinski definition) is 0. The van der Waals surface area contributed by atoms with Crippen molar-refractivity contribution in [1.82, 2.24) is 4.98 Å². The smallest absolute Gasteiger partial charge is 0.256 e. The fourth-order valence-electron chi connectivity index (χ4n) is 2.31. The minimum atomic E-state index is -4.49. The number of nitrogens with zero attached hydrogens (tertiary/aromatic N) is 1. The topological polar surface area (TPSA) is 12.9 Å². The molecule has 0 aliphatic rings. The van der Waals surface area contributed by atoms with Gasteiger partial charge in [-0.15, -0.1) is 0 Å². The number of halogens is 4. The molecule has 0 amide bonds. The van der Waals surface area contributed by atoms with Gasteiger partial charge in [-0.3, -0.25) is 4.98 Å². The molecular formula is C16H9ClF3N. The van der Waals surface area contributed by atoms with Crippen LogP contribution in [0.25, 0.3) is 22.0 Å². The van der Waals surface area contributed by atoms with Crippen LogP contribution in [-0.2, 0) is 6.18 Å². The van der Waals surface area contributed by atoms with E-state index >= 15 is 0 Å². The monoisotopic (exact) mass is 307 g/mol. The summed E-state index contributed by atoms with van der Waals surface area (Å²) in [6.07, 6.45) is -3.23. The molecule has 5 heteroatoms. The normalized spacial score (nSPS) is 11.8. The van der Waals surface area contributed by atoms with E-state index in [1.54, 1.807) is 30.3 Å². The number of pyridine rings is 1. The first-order valence-corrected chi connectivity index (χ1v) is 6.55. The van der Waals surface area contributed by atoms with Crippen molar-refractivity contribution in [3.8, 4) is 11.1 Å². The molecule has 3 aromatic rings. The average Bonchev–Trinajstić information content (AvgIpc) is 2.45. The Morgan fingerprint density at radius 2 is 1.67 bits per heavy atom. The maximum Gasteiger partial charge on any atom is 0.417 e. The van der Waals surface area contributed by atoms with E-state index in [-0.39, 0.29) is 21.5 Å². The standard InChI is InChI=1S/C16H9ClF3N/c17-11-6-7-14-12(8-11)15(16(18,19)20)13(9-21-14)10-4-2-1-3-5-10/h1-9H. The number of benzene rings is 2. The van der Waals surface area contributed by atoms with Crippen LogP contribution in [0.5, 0.6) is 0 Å². The van der Waals surface area contributed by atoms with E-state index in [9.17, 15) is 13.2 Å². The van der Waals surface area contributed by atoms with Crippen LogP contribution >= 0.6 is 11.6 Å². The second-order valence-corrected chi connectivity index (χ2v) is 5.01. The Morgan fingerprint density at radius 1 is 0.952 bits per heavy atom. The lowest BCUT2D eigenvalue weighted by Crippen LogP contribution is -2.09. The van der Waals surface area contributed by atoms with Gasteiger partial charge in [-0.2, -0.15) is 13.2 Å². The summed E-state index contributed by atoms with van der Waals surface area (Å²) in [6.45, 7) is 0. The van der Waals surface area contributed by atoms with Crippen molar-refractivity contribution in [2.45, 2.75) is 6.18 Å². The number of aromatic nitrogens is 1. The fourth-order valence-corrected chi connectivity index (χ4v) is 2.48. The van der Waals surface area contributed by atoms with Crippen LogP contribution in [0.3, 0.4) is 0 Å². The van der Waals surface area contributed by atoms with Crippen molar-refractivity contribution in [3.63, 3.8) is 0 Å². The summed E-state index contributed by atoms with van der Waals surface area (Å²) in [5.41, 5.74) is 0.0877. The van der Waals surface area contributed by atoms with Crippen LogP contribution in [0.15, 0.2) is 54.7 Å². The van der Waals surface area contributed by atoms with Gasteiger partial charge in [-0.05, 0) is 23.8 Å². The van der Waals surface area contributed by atoms with Gasteiger partial charge in [0.25, 0.3) is 0 Å². The van der Waals surface area contributed by atoms with Crippen LogP contribution in [0.1, 0.15) is 5.56 Å². The van der Waals surface area contributed by atoms with Gasteiger partial charge in [-0.1, -0.05) is 41.9 Å². The molecule has 0 unspecified atom stereocenters. The van der Waals surface area contributed by atoms with Gasteiger partial charge in [0.05, 0.1) is 11.1 Å². The van der Waals surface area contributed by atoms with Gasteiger partial charge < -0.3 is 0 Å². The summed E-state index contributed by atoms with van der Waals surface area (Å²) < 4.78 is 40.6. The summed E-state index contributed by atoms with van der Waals surface area (Å²) >= 11 is 5.84. The largest absolute Gasteiger partial charge is 0.417 e. The lowest BCUT2D eigenvalue weighted by atomic mass is 9.97. The molecule has 0 saturated heterocycles. The highest BCUT2D eigenvalue weighted by Gasteiger charge is 2.36. The summed E-state index contributed by atoms with van der Waals surface area (Å²) in [5.74, 6) is 0. The molecule has 0 N–H and O–H groups in total. The third-order valence-electron chi connectivity index (χ3n) is 3.20. The minimum absolute atomic E-state index is 0.0105. The molecule has 0 spiro atoms. The highest BCUT2D eigenvalue weighted by molar-refractivity contribution is 6.31. The Bertz CT molecular complexity index is 798. The number of alkyl halides is 3. The maximum atomic E-state index is 13.5. The quantitative estimate of drug-likeness (QED) is 0.572. The molecule has 106 valence electrons. The molecule has 0 atom stereocenters. The van der Waals surface area contributed by atoms with Crippen molar-refractivity contribution in [2.75, 3.05) is 0 Å². The summed E-state index contributed by atoms with van der Waals surface area (Å²) in [5, 5.41) is 0.261. The van der Waals surface area contributed by atoms with Gasteiger partial charge in [0, 0.05) is 22.2 Å². The Morgan fingerprint density at radius 3 is 2.33 bits per heavy atom. The van der Waals surface area contributed by atoms with Gasteiger partial charge in [-0.25, -0.2) is 0 Å². The zero-order chi connectivity index (χ0) is 15.0. The molecule has 21 heavy (non-hydrogen) atoms. The van der Waals surface area contributed by atoms with Gasteiger partial charge in [0.1, 0.15) is 0 Å². The molecule has 3 rings (SSSR count). The van der Waals surface area contributed by atoms with E-state index in [2.05, 4.69) is 4.98 Å². The number of fused-ring (bicyclic) bond motifs is 1. The molecular weight excluding hydrogens is 299 g/mol. The van der Waals surface area contributed by atoms with Crippen molar-refractivity contribution < 1.29 is 13.2 Å². The zero-order valence-corrected chi connectivity index (χ0v) is 11.4. The van der Waals surface area contributed by atoms with Crippen molar-refractivity contribution in [1.29, 1.82) is 0 Å². The molecule has 1 nitrogen and oxygen atoms in total. The summed E-state index contributed by atoms with van der Waals surface area (Å²) in [4.78, 5) is 4.11. The summed E-state index contributed by atoms with van der Waals surface area (Å²) in [7, 11) is 0. The van der Waals surface area contributed by atoms with Crippen molar-refractivity contribution in [3.05, 3.63) is 65.3 Å². The Balaban J connectivity index is 2.40. The lowest BCUT2D eigenvalue weighted by Gasteiger charge is -2.15. The van der Waals surface area contributed by atoms with E-state index in [0.29, 0.717) is 5.56 Å². The number of hydrogen-bond acceptors (Lipinski definition) is 1. The minimum Gasteiger partial charge on any atom is -0.256 e. The van der Waals surface area contributed by atoms with E-state index < -0.39 is 11.7 Å². The highest BCUT2D eigenvalue weighted by atomic mass is 35.5. The first kappa shape index (κ1) is 13.9. The fraction of sp³-hybridized carbons (Fsp3) is 0.0625. The Hall–Kier alpha value is -2.07. The van der Waals surface area contributed by atoms with Crippen molar-refractivity contribution in [2.24, 2.45) is 0 Å². The molecule has 1 heterocycles. The van der Waals surface area contributed by atoms with Gasteiger partial charge in [0.15, 0.2) is 0 Å². The van der Waals surface area contributed by atoms with Crippen molar-refractivity contribution >= 4 is 22.5 Å². The first-order valence-electron chi connectivity index (χ1n) is 6.18. The maximum absolute atomic E-state index is 13.5. The predicted molar refractivity (Wildman–Crippen MR) is 77.2 cm³/mol. The molecule has 1 aromatic heterocycles. The summed E-state index contributed by atoms with van der Waals surface area (Å²) in [6, 6.07) is 12.7. The Labute approximate surface area is 124 Å². The van der Waals surface area contributed by atoms with Gasteiger partial charge in [0.2, 0.25) is 0 Å². The third-order valence-corrected chi connectivity index (χ3v) is 3.43. The van der Waals surface area contributed by atoms with Crippen LogP contribution in [0.2, 0.25) is 5.02 Å². The van der Waals surface area contributed by atoms with Crippen LogP contribution in [-0.4, -0.2) is 4.98 Å². The average molecular weight is 308 g/mol. The lowest BCUT2D eigenvalue weighted by molar-refractivity contribution is -0.135. The van der Waals surface area contributed by atoms with Gasteiger partial charge >= 0.3 is 6.18 Å². The molecule has 0 fully saturated rings. The first-order chi connectivity index (χ1) is 9.97. The van der Waals surface area contributed by atoms with E-state index in [4.69, 9.17) is 11.6 Å².